The minimum absolute atomic E-state index is 0.00817. The summed E-state index contributed by atoms with van der Waals surface area (Å²) < 4.78 is 0. The van der Waals surface area contributed by atoms with Crippen molar-refractivity contribution in [3.05, 3.63) is 34.9 Å². The van der Waals surface area contributed by atoms with Gasteiger partial charge in [0.15, 0.2) is 0 Å². The molecule has 2 atom stereocenters. The molecule has 3 heteroatoms. The van der Waals surface area contributed by atoms with Crippen LogP contribution in [0.15, 0.2) is 24.3 Å². The predicted octanol–water partition coefficient (Wildman–Crippen LogP) is 1.00. The van der Waals surface area contributed by atoms with E-state index >= 15 is 0 Å². The lowest BCUT2D eigenvalue weighted by molar-refractivity contribution is -0.433. The van der Waals surface area contributed by atoms with Crippen LogP contribution in [-0.2, 0) is 0 Å². The van der Waals surface area contributed by atoms with Crippen molar-refractivity contribution in [3.63, 3.8) is 0 Å². The van der Waals surface area contributed by atoms with E-state index in [0.717, 1.165) is 5.56 Å². The van der Waals surface area contributed by atoms with Gasteiger partial charge in [0.05, 0.1) is 0 Å². The van der Waals surface area contributed by atoms with Crippen LogP contribution in [0, 0.1) is 0 Å². The van der Waals surface area contributed by atoms with Crippen LogP contribution >= 0.6 is 11.6 Å². The second-order valence-electron chi connectivity index (χ2n) is 2.97. The van der Waals surface area contributed by atoms with E-state index in [-0.39, 0.29) is 6.04 Å². The van der Waals surface area contributed by atoms with Crippen LogP contribution in [0.1, 0.15) is 18.6 Å². The van der Waals surface area contributed by atoms with Crippen molar-refractivity contribution >= 4 is 11.6 Å². The Kier molecular flexibility index (Phi) is 3.09. The molecule has 0 bridgehead atoms. The van der Waals surface area contributed by atoms with Crippen LogP contribution in [0.3, 0.4) is 0 Å². The molecule has 0 unspecified atom stereocenters. The zero-order valence-electron chi connectivity index (χ0n) is 7.00. The second-order valence-corrected chi connectivity index (χ2v) is 3.41. The number of aliphatic hydroxyl groups is 1. The molecule has 66 valence electrons. The Balaban J connectivity index is 2.82. The topological polar surface area (TPSA) is 47.9 Å². The van der Waals surface area contributed by atoms with Gasteiger partial charge in [-0.2, -0.15) is 0 Å². The highest BCUT2D eigenvalue weighted by atomic mass is 35.5. The van der Waals surface area contributed by atoms with E-state index in [0.29, 0.717) is 5.02 Å². The lowest BCUT2D eigenvalue weighted by atomic mass is 10.0. The molecule has 12 heavy (non-hydrogen) atoms. The molecule has 0 saturated heterocycles. The summed E-state index contributed by atoms with van der Waals surface area (Å²) in [6.07, 6.45) is -0.498. The molecule has 1 aromatic rings. The van der Waals surface area contributed by atoms with Crippen LogP contribution < -0.4 is 5.73 Å². The van der Waals surface area contributed by atoms with Gasteiger partial charge in [-0.3, -0.25) is 0 Å². The SMILES string of the molecule is C[C@@H]([NH3+])[C@@H](O)c1ccc(Cl)cc1. The van der Waals surface area contributed by atoms with E-state index in [1.165, 1.54) is 0 Å². The third-order valence-corrected chi connectivity index (χ3v) is 2.00. The van der Waals surface area contributed by atoms with Crippen LogP contribution in [0.5, 0.6) is 0 Å². The molecule has 0 heterocycles. The fourth-order valence-corrected chi connectivity index (χ4v) is 1.11. The van der Waals surface area contributed by atoms with Gasteiger partial charge in [-0.1, -0.05) is 23.7 Å². The van der Waals surface area contributed by atoms with E-state index < -0.39 is 6.10 Å². The molecule has 0 aliphatic carbocycles. The third kappa shape index (κ3) is 2.21. The molecule has 0 saturated carbocycles. The molecular weight excluding hydrogens is 174 g/mol. The van der Waals surface area contributed by atoms with Crippen molar-refractivity contribution in [2.75, 3.05) is 0 Å². The maximum Gasteiger partial charge on any atom is 0.130 e. The van der Waals surface area contributed by atoms with Gasteiger partial charge in [0, 0.05) is 5.02 Å². The summed E-state index contributed by atoms with van der Waals surface area (Å²) in [5.41, 5.74) is 4.62. The molecule has 0 spiro atoms. The van der Waals surface area contributed by atoms with Crippen molar-refractivity contribution in [1.82, 2.24) is 0 Å². The number of aliphatic hydroxyl groups excluding tert-OH is 1. The average molecular weight is 187 g/mol. The maximum atomic E-state index is 9.58. The molecule has 1 aromatic carbocycles. The molecule has 0 amide bonds. The van der Waals surface area contributed by atoms with Gasteiger partial charge in [-0.05, 0) is 24.6 Å². The van der Waals surface area contributed by atoms with Gasteiger partial charge >= 0.3 is 0 Å². The van der Waals surface area contributed by atoms with Crippen molar-refractivity contribution in [1.29, 1.82) is 0 Å². The lowest BCUT2D eigenvalue weighted by Gasteiger charge is -2.11. The van der Waals surface area contributed by atoms with Crippen molar-refractivity contribution in [3.8, 4) is 0 Å². The number of hydrogen-bond donors (Lipinski definition) is 2. The summed E-state index contributed by atoms with van der Waals surface area (Å²) in [5, 5.41) is 10.3. The molecule has 2 nitrogen and oxygen atoms in total. The van der Waals surface area contributed by atoms with E-state index in [1.807, 2.05) is 19.1 Å². The molecule has 0 radical (unpaired) electrons. The van der Waals surface area contributed by atoms with E-state index in [2.05, 4.69) is 5.73 Å². The molecule has 4 N–H and O–H groups in total. The van der Waals surface area contributed by atoms with Crippen LogP contribution in [0.4, 0.5) is 0 Å². The monoisotopic (exact) mass is 186 g/mol. The summed E-state index contributed by atoms with van der Waals surface area (Å²) in [4.78, 5) is 0. The normalized spacial score (nSPS) is 15.7. The highest BCUT2D eigenvalue weighted by Crippen LogP contribution is 2.17. The lowest BCUT2D eigenvalue weighted by Crippen LogP contribution is -2.61. The minimum Gasteiger partial charge on any atom is -0.382 e. The van der Waals surface area contributed by atoms with Crippen LogP contribution in [-0.4, -0.2) is 11.1 Å². The first-order valence-corrected chi connectivity index (χ1v) is 4.25. The van der Waals surface area contributed by atoms with Crippen molar-refractivity contribution < 1.29 is 10.8 Å². The summed E-state index contributed by atoms with van der Waals surface area (Å²) >= 11 is 5.70. The maximum absolute atomic E-state index is 9.58. The zero-order valence-corrected chi connectivity index (χ0v) is 7.75. The van der Waals surface area contributed by atoms with Gasteiger partial charge in [-0.25, -0.2) is 0 Å². The first-order chi connectivity index (χ1) is 5.61. The summed E-state index contributed by atoms with van der Waals surface area (Å²) in [6, 6.07) is 7.15. The average Bonchev–Trinajstić information content (AvgIpc) is 2.04. The standard InChI is InChI=1S/C9H12ClNO/c1-6(11)9(12)7-2-4-8(10)5-3-7/h2-6,9,12H,11H2,1H3/p+1/t6-,9-/m1/s1. The van der Waals surface area contributed by atoms with Gasteiger partial charge in [-0.15, -0.1) is 0 Å². The third-order valence-electron chi connectivity index (χ3n) is 1.75. The van der Waals surface area contributed by atoms with E-state index in [4.69, 9.17) is 11.6 Å². The zero-order chi connectivity index (χ0) is 9.14. The van der Waals surface area contributed by atoms with Gasteiger partial charge < -0.3 is 10.8 Å². The fourth-order valence-electron chi connectivity index (χ4n) is 0.988. The molecule has 0 aromatic heterocycles. The van der Waals surface area contributed by atoms with E-state index in [1.54, 1.807) is 12.1 Å². The Labute approximate surface area is 77.0 Å². The number of benzene rings is 1. The van der Waals surface area contributed by atoms with Gasteiger partial charge in [0.2, 0.25) is 0 Å². The van der Waals surface area contributed by atoms with Gasteiger partial charge in [0.25, 0.3) is 0 Å². The molecule has 0 fully saturated rings. The molecule has 0 aliphatic heterocycles. The first kappa shape index (κ1) is 9.52. The number of quaternary nitrogens is 1. The first-order valence-electron chi connectivity index (χ1n) is 3.88. The highest BCUT2D eigenvalue weighted by molar-refractivity contribution is 6.30. The Bertz CT molecular complexity index is 245. The summed E-state index contributed by atoms with van der Waals surface area (Å²) in [7, 11) is 0. The Hall–Kier alpha value is -0.570. The molecule has 1 rings (SSSR count). The Morgan fingerprint density at radius 1 is 1.33 bits per heavy atom. The summed E-state index contributed by atoms with van der Waals surface area (Å²) in [5.74, 6) is 0. The molecular formula is C9H13ClNO+. The predicted molar refractivity (Wildman–Crippen MR) is 48.8 cm³/mol. The van der Waals surface area contributed by atoms with E-state index in [9.17, 15) is 5.11 Å². The number of rotatable bonds is 2. The fraction of sp³-hybridized carbons (Fsp3) is 0.333. The van der Waals surface area contributed by atoms with Crippen molar-refractivity contribution in [2.45, 2.75) is 19.1 Å². The second kappa shape index (κ2) is 3.90. The van der Waals surface area contributed by atoms with Crippen LogP contribution in [0.2, 0.25) is 5.02 Å². The minimum atomic E-state index is -0.498. The number of hydrogen-bond acceptors (Lipinski definition) is 1. The smallest absolute Gasteiger partial charge is 0.130 e. The van der Waals surface area contributed by atoms with Gasteiger partial charge in [0.1, 0.15) is 12.1 Å². The Morgan fingerprint density at radius 2 is 1.83 bits per heavy atom. The number of halogens is 1. The molecule has 0 aliphatic rings. The van der Waals surface area contributed by atoms with Crippen LogP contribution in [0.25, 0.3) is 0 Å². The quantitative estimate of drug-likeness (QED) is 0.712. The largest absolute Gasteiger partial charge is 0.382 e. The Morgan fingerprint density at radius 3 is 2.25 bits per heavy atom. The van der Waals surface area contributed by atoms with Crippen molar-refractivity contribution in [2.24, 2.45) is 0 Å². The highest BCUT2D eigenvalue weighted by Gasteiger charge is 2.14. The summed E-state index contributed by atoms with van der Waals surface area (Å²) in [6.45, 7) is 1.87.